The van der Waals surface area contributed by atoms with Gasteiger partial charge in [0.25, 0.3) is 0 Å². The van der Waals surface area contributed by atoms with Crippen molar-refractivity contribution in [1.82, 2.24) is 15.2 Å². The molecule has 1 heterocycles. The fraction of sp³-hybridized carbons (Fsp3) is 0.600. The van der Waals surface area contributed by atoms with E-state index in [0.29, 0.717) is 19.0 Å². The summed E-state index contributed by atoms with van der Waals surface area (Å²) in [6.45, 7) is 8.89. The number of pyridine rings is 1. The molecule has 1 amide bonds. The molecular weight excluding hydrogens is 252 g/mol. The quantitative estimate of drug-likeness (QED) is 0.760. The molecule has 112 valence electrons. The lowest BCUT2D eigenvalue weighted by Crippen LogP contribution is -2.36. The van der Waals surface area contributed by atoms with Crippen LogP contribution in [0.1, 0.15) is 26.5 Å². The molecule has 0 atom stereocenters. The summed E-state index contributed by atoms with van der Waals surface area (Å²) in [6, 6.07) is 3.97. The second kappa shape index (κ2) is 8.53. The molecule has 0 aliphatic heterocycles. The van der Waals surface area contributed by atoms with E-state index in [1.54, 1.807) is 6.20 Å². The number of aromatic nitrogens is 1. The van der Waals surface area contributed by atoms with Crippen LogP contribution in [0.25, 0.3) is 0 Å². The van der Waals surface area contributed by atoms with Gasteiger partial charge in [0.2, 0.25) is 5.91 Å². The van der Waals surface area contributed by atoms with Gasteiger partial charge in [0.05, 0.1) is 12.2 Å². The fourth-order valence-electron chi connectivity index (χ4n) is 1.83. The molecule has 5 heteroatoms. The average molecular weight is 278 g/mol. The standard InChI is InChI=1S/C15H26N4O/c1-5-16-13-6-7-17-14(8-13)10-19(4)11-15(20)18-9-12(2)3/h6-8,12H,5,9-11H2,1-4H3,(H,16,17)(H,18,20). The highest BCUT2D eigenvalue weighted by atomic mass is 16.2. The highest BCUT2D eigenvalue weighted by molar-refractivity contribution is 5.77. The van der Waals surface area contributed by atoms with Crippen molar-refractivity contribution in [2.75, 3.05) is 32.0 Å². The molecule has 0 fully saturated rings. The van der Waals surface area contributed by atoms with Crippen LogP contribution in [0.5, 0.6) is 0 Å². The van der Waals surface area contributed by atoms with Crippen LogP contribution in [0.4, 0.5) is 5.69 Å². The molecule has 0 aliphatic rings. The second-order valence-corrected chi connectivity index (χ2v) is 5.44. The van der Waals surface area contributed by atoms with E-state index in [2.05, 4.69) is 36.4 Å². The Labute approximate surface area is 121 Å². The van der Waals surface area contributed by atoms with Crippen molar-refractivity contribution in [3.8, 4) is 0 Å². The molecule has 1 aromatic rings. The van der Waals surface area contributed by atoms with Gasteiger partial charge in [-0.25, -0.2) is 0 Å². The van der Waals surface area contributed by atoms with Crippen molar-refractivity contribution in [2.24, 2.45) is 5.92 Å². The van der Waals surface area contributed by atoms with E-state index < -0.39 is 0 Å². The molecule has 20 heavy (non-hydrogen) atoms. The molecule has 0 unspecified atom stereocenters. The number of hydrogen-bond acceptors (Lipinski definition) is 4. The molecule has 0 bridgehead atoms. The Morgan fingerprint density at radius 2 is 2.20 bits per heavy atom. The van der Waals surface area contributed by atoms with Crippen molar-refractivity contribution >= 4 is 11.6 Å². The smallest absolute Gasteiger partial charge is 0.234 e. The number of amides is 1. The summed E-state index contributed by atoms with van der Waals surface area (Å²) in [6.07, 6.45) is 1.79. The van der Waals surface area contributed by atoms with Gasteiger partial charge in [0.15, 0.2) is 0 Å². The predicted octanol–water partition coefficient (Wildman–Crippen LogP) is 1.72. The Hall–Kier alpha value is -1.62. The van der Waals surface area contributed by atoms with Gasteiger partial charge in [-0.1, -0.05) is 13.8 Å². The van der Waals surface area contributed by atoms with E-state index >= 15 is 0 Å². The zero-order chi connectivity index (χ0) is 15.0. The van der Waals surface area contributed by atoms with E-state index in [1.165, 1.54) is 0 Å². The summed E-state index contributed by atoms with van der Waals surface area (Å²) in [7, 11) is 1.93. The minimum atomic E-state index is 0.0593. The maximum absolute atomic E-state index is 11.7. The summed E-state index contributed by atoms with van der Waals surface area (Å²) in [5, 5.41) is 6.17. The number of nitrogens with one attached hydrogen (secondary N) is 2. The molecule has 0 aromatic carbocycles. The fourth-order valence-corrected chi connectivity index (χ4v) is 1.83. The minimum Gasteiger partial charge on any atom is -0.385 e. The summed E-state index contributed by atoms with van der Waals surface area (Å²) in [4.78, 5) is 18.0. The molecule has 1 rings (SSSR count). The lowest BCUT2D eigenvalue weighted by molar-refractivity contribution is -0.122. The summed E-state index contributed by atoms with van der Waals surface area (Å²) < 4.78 is 0. The third kappa shape index (κ3) is 6.52. The van der Waals surface area contributed by atoms with Crippen molar-refractivity contribution in [2.45, 2.75) is 27.3 Å². The van der Waals surface area contributed by atoms with Crippen LogP contribution in [0.2, 0.25) is 0 Å². The molecule has 0 saturated heterocycles. The topological polar surface area (TPSA) is 57.3 Å². The third-order valence-corrected chi connectivity index (χ3v) is 2.75. The number of rotatable bonds is 8. The maximum atomic E-state index is 11.7. The molecule has 0 radical (unpaired) electrons. The summed E-state index contributed by atoms with van der Waals surface area (Å²) in [5.41, 5.74) is 2.03. The van der Waals surface area contributed by atoms with Crippen LogP contribution in [-0.2, 0) is 11.3 Å². The first-order valence-corrected chi connectivity index (χ1v) is 7.15. The predicted molar refractivity (Wildman–Crippen MR) is 82.6 cm³/mol. The zero-order valence-corrected chi connectivity index (χ0v) is 12.9. The number of likely N-dealkylation sites (N-methyl/N-ethyl adjacent to an activating group) is 1. The normalized spacial score (nSPS) is 10.9. The zero-order valence-electron chi connectivity index (χ0n) is 12.9. The summed E-state index contributed by atoms with van der Waals surface area (Å²) in [5.74, 6) is 0.534. The maximum Gasteiger partial charge on any atom is 0.234 e. The van der Waals surface area contributed by atoms with Crippen molar-refractivity contribution < 1.29 is 4.79 Å². The Morgan fingerprint density at radius 1 is 1.45 bits per heavy atom. The number of hydrogen-bond donors (Lipinski definition) is 2. The highest BCUT2D eigenvalue weighted by Crippen LogP contribution is 2.09. The van der Waals surface area contributed by atoms with Crippen LogP contribution in [0, 0.1) is 5.92 Å². The molecule has 2 N–H and O–H groups in total. The van der Waals surface area contributed by atoms with Gasteiger partial charge in [0, 0.05) is 31.5 Å². The Balaban J connectivity index is 2.43. The van der Waals surface area contributed by atoms with E-state index in [1.807, 2.05) is 24.1 Å². The first kappa shape index (κ1) is 16.4. The SMILES string of the molecule is CCNc1ccnc(CN(C)CC(=O)NCC(C)C)c1. The molecule has 0 saturated carbocycles. The monoisotopic (exact) mass is 278 g/mol. The van der Waals surface area contributed by atoms with Crippen molar-refractivity contribution in [3.05, 3.63) is 24.0 Å². The number of carbonyl (C=O) groups is 1. The Morgan fingerprint density at radius 3 is 2.85 bits per heavy atom. The van der Waals surface area contributed by atoms with Crippen LogP contribution in [-0.4, -0.2) is 42.5 Å². The van der Waals surface area contributed by atoms with Gasteiger partial charge in [-0.2, -0.15) is 0 Å². The van der Waals surface area contributed by atoms with Gasteiger partial charge in [-0.05, 0) is 32.0 Å². The highest BCUT2D eigenvalue weighted by Gasteiger charge is 2.08. The lowest BCUT2D eigenvalue weighted by Gasteiger charge is -2.17. The van der Waals surface area contributed by atoms with E-state index in [-0.39, 0.29) is 5.91 Å². The molecule has 5 nitrogen and oxygen atoms in total. The average Bonchev–Trinajstić information content (AvgIpc) is 2.37. The van der Waals surface area contributed by atoms with Crippen LogP contribution >= 0.6 is 0 Å². The van der Waals surface area contributed by atoms with E-state index in [0.717, 1.165) is 24.5 Å². The first-order valence-electron chi connectivity index (χ1n) is 7.15. The van der Waals surface area contributed by atoms with Gasteiger partial charge in [-0.3, -0.25) is 14.7 Å². The Kier molecular flexibility index (Phi) is 7.01. The number of carbonyl (C=O) groups excluding carboxylic acids is 1. The van der Waals surface area contributed by atoms with E-state index in [9.17, 15) is 4.79 Å². The third-order valence-electron chi connectivity index (χ3n) is 2.75. The largest absolute Gasteiger partial charge is 0.385 e. The van der Waals surface area contributed by atoms with Gasteiger partial charge in [-0.15, -0.1) is 0 Å². The summed E-state index contributed by atoms with van der Waals surface area (Å²) >= 11 is 0. The van der Waals surface area contributed by atoms with Crippen LogP contribution in [0.15, 0.2) is 18.3 Å². The minimum absolute atomic E-state index is 0.0593. The van der Waals surface area contributed by atoms with E-state index in [4.69, 9.17) is 0 Å². The molecule has 0 aliphatic carbocycles. The van der Waals surface area contributed by atoms with Gasteiger partial charge < -0.3 is 10.6 Å². The van der Waals surface area contributed by atoms with Crippen LogP contribution < -0.4 is 10.6 Å². The number of anilines is 1. The second-order valence-electron chi connectivity index (χ2n) is 5.44. The number of nitrogens with zero attached hydrogens (tertiary/aromatic N) is 2. The van der Waals surface area contributed by atoms with Crippen LogP contribution in [0.3, 0.4) is 0 Å². The Bertz CT molecular complexity index is 420. The molecule has 0 spiro atoms. The van der Waals surface area contributed by atoms with Crippen molar-refractivity contribution in [1.29, 1.82) is 0 Å². The lowest BCUT2D eigenvalue weighted by atomic mass is 10.2. The molecular formula is C15H26N4O. The van der Waals surface area contributed by atoms with Gasteiger partial charge >= 0.3 is 0 Å². The molecule has 1 aromatic heterocycles. The van der Waals surface area contributed by atoms with Gasteiger partial charge in [0.1, 0.15) is 0 Å². The first-order chi connectivity index (χ1) is 9.51. The van der Waals surface area contributed by atoms with Crippen molar-refractivity contribution in [3.63, 3.8) is 0 Å².